The second kappa shape index (κ2) is 7.39. The highest BCUT2D eigenvalue weighted by Crippen LogP contribution is 2.26. The summed E-state index contributed by atoms with van der Waals surface area (Å²) in [6, 6.07) is 2.05. The van der Waals surface area contributed by atoms with Crippen molar-refractivity contribution in [2.45, 2.75) is 31.7 Å². The zero-order valence-corrected chi connectivity index (χ0v) is 14.2. The first kappa shape index (κ1) is 18.3. The molecule has 1 atom stereocenters. The van der Waals surface area contributed by atoms with Crippen molar-refractivity contribution >= 4 is 17.8 Å². The predicted molar refractivity (Wildman–Crippen MR) is 87.4 cm³/mol. The Kier molecular flexibility index (Phi) is 5.20. The van der Waals surface area contributed by atoms with Crippen LogP contribution in [0.15, 0.2) is 18.2 Å². The normalized spacial score (nSPS) is 21.1. The summed E-state index contributed by atoms with van der Waals surface area (Å²) >= 11 is 0. The van der Waals surface area contributed by atoms with Gasteiger partial charge in [-0.05, 0) is 37.8 Å². The molecule has 2 aliphatic rings. The number of carboxylic acid groups (broad SMARTS) is 1. The third kappa shape index (κ3) is 3.54. The largest absolute Gasteiger partial charge is 0.480 e. The number of likely N-dealkylation sites (tertiary alicyclic amines) is 2. The molecule has 0 bridgehead atoms. The molecular formula is C18H20F2N2O4. The molecule has 1 aromatic rings. The predicted octanol–water partition coefficient (Wildman–Crippen LogP) is 1.89. The van der Waals surface area contributed by atoms with Crippen LogP contribution in [0, 0.1) is 17.6 Å². The fraction of sp³-hybridized carbons (Fsp3) is 0.500. The number of rotatable bonds is 3. The first-order chi connectivity index (χ1) is 12.4. The lowest BCUT2D eigenvalue weighted by Crippen LogP contribution is -2.47. The Morgan fingerprint density at radius 2 is 1.73 bits per heavy atom. The van der Waals surface area contributed by atoms with Crippen LogP contribution in [0.5, 0.6) is 0 Å². The third-order valence-electron chi connectivity index (χ3n) is 5.11. The zero-order chi connectivity index (χ0) is 18.8. The molecule has 1 N–H and O–H groups in total. The molecule has 0 radical (unpaired) electrons. The van der Waals surface area contributed by atoms with Gasteiger partial charge in [0.1, 0.15) is 17.7 Å². The molecule has 2 fully saturated rings. The van der Waals surface area contributed by atoms with Crippen molar-refractivity contribution in [1.82, 2.24) is 9.80 Å². The standard InChI is InChI=1S/C18H20F2N2O4/c19-12-3-4-13(14(20)10-12)17(24)21-8-5-11(6-9-21)16(23)22-7-1-2-15(22)18(25)26/h3-4,10-11,15H,1-2,5-9H2,(H,25,26). The van der Waals surface area contributed by atoms with Gasteiger partial charge in [0.05, 0.1) is 5.56 Å². The SMILES string of the molecule is O=C(O)C1CCCN1C(=O)C1CCN(C(=O)c2ccc(F)cc2F)CC1. The smallest absolute Gasteiger partial charge is 0.326 e. The van der Waals surface area contributed by atoms with E-state index in [9.17, 15) is 28.3 Å². The van der Waals surface area contributed by atoms with Crippen LogP contribution in [0.4, 0.5) is 8.78 Å². The van der Waals surface area contributed by atoms with Crippen LogP contribution in [-0.2, 0) is 9.59 Å². The first-order valence-electron chi connectivity index (χ1n) is 8.66. The minimum atomic E-state index is -0.991. The van der Waals surface area contributed by atoms with Crippen LogP contribution in [0.25, 0.3) is 0 Å². The Balaban J connectivity index is 1.61. The van der Waals surface area contributed by atoms with Crippen molar-refractivity contribution in [1.29, 1.82) is 0 Å². The third-order valence-corrected chi connectivity index (χ3v) is 5.11. The van der Waals surface area contributed by atoms with Gasteiger partial charge in [0.15, 0.2) is 0 Å². The van der Waals surface area contributed by atoms with Crippen LogP contribution in [0.3, 0.4) is 0 Å². The van der Waals surface area contributed by atoms with Crippen LogP contribution in [0.1, 0.15) is 36.0 Å². The van der Waals surface area contributed by atoms with Crippen molar-refractivity contribution in [3.63, 3.8) is 0 Å². The molecule has 2 amide bonds. The molecule has 0 spiro atoms. The minimum Gasteiger partial charge on any atom is -0.480 e. The molecule has 6 nitrogen and oxygen atoms in total. The van der Waals surface area contributed by atoms with E-state index < -0.39 is 29.6 Å². The molecule has 3 rings (SSSR count). The Hall–Kier alpha value is -2.51. The molecule has 2 aliphatic heterocycles. The summed E-state index contributed by atoms with van der Waals surface area (Å²) in [5, 5.41) is 9.21. The summed E-state index contributed by atoms with van der Waals surface area (Å²) in [4.78, 5) is 39.1. The number of carboxylic acids is 1. The van der Waals surface area contributed by atoms with Crippen molar-refractivity contribution in [3.8, 4) is 0 Å². The lowest BCUT2D eigenvalue weighted by atomic mass is 9.94. The summed E-state index contributed by atoms with van der Waals surface area (Å²) in [5.41, 5.74) is -0.193. The van der Waals surface area contributed by atoms with Crippen molar-refractivity contribution < 1.29 is 28.3 Å². The van der Waals surface area contributed by atoms with Crippen LogP contribution >= 0.6 is 0 Å². The zero-order valence-electron chi connectivity index (χ0n) is 14.2. The van der Waals surface area contributed by atoms with Gasteiger partial charge in [0.2, 0.25) is 5.91 Å². The number of hydrogen-bond acceptors (Lipinski definition) is 3. The number of carbonyl (C=O) groups excluding carboxylic acids is 2. The molecular weight excluding hydrogens is 346 g/mol. The maximum atomic E-state index is 13.8. The summed E-state index contributed by atoms with van der Waals surface area (Å²) in [7, 11) is 0. The van der Waals surface area contributed by atoms with E-state index >= 15 is 0 Å². The average Bonchev–Trinajstić information content (AvgIpc) is 3.11. The monoisotopic (exact) mass is 366 g/mol. The second-order valence-electron chi connectivity index (χ2n) is 6.72. The van der Waals surface area contributed by atoms with Gasteiger partial charge < -0.3 is 14.9 Å². The van der Waals surface area contributed by atoms with E-state index in [-0.39, 0.29) is 30.5 Å². The van der Waals surface area contributed by atoms with Crippen LogP contribution in [-0.4, -0.2) is 58.4 Å². The number of carbonyl (C=O) groups is 3. The average molecular weight is 366 g/mol. The highest BCUT2D eigenvalue weighted by atomic mass is 19.1. The van der Waals surface area contributed by atoms with Crippen molar-refractivity contribution in [2.75, 3.05) is 19.6 Å². The Morgan fingerprint density at radius 1 is 1.04 bits per heavy atom. The molecule has 2 saturated heterocycles. The van der Waals surface area contributed by atoms with Gasteiger partial charge in [-0.2, -0.15) is 0 Å². The lowest BCUT2D eigenvalue weighted by Gasteiger charge is -2.34. The fourth-order valence-electron chi connectivity index (χ4n) is 3.68. The van der Waals surface area contributed by atoms with Crippen molar-refractivity contribution in [3.05, 3.63) is 35.4 Å². The molecule has 1 unspecified atom stereocenters. The molecule has 8 heteroatoms. The minimum absolute atomic E-state index is 0.185. The molecule has 0 aromatic heterocycles. The van der Waals surface area contributed by atoms with E-state index in [0.29, 0.717) is 38.3 Å². The number of aliphatic carboxylic acids is 1. The molecule has 26 heavy (non-hydrogen) atoms. The maximum Gasteiger partial charge on any atom is 0.326 e. The van der Waals surface area contributed by atoms with E-state index in [1.807, 2.05) is 0 Å². The summed E-state index contributed by atoms with van der Waals surface area (Å²) in [6.07, 6.45) is 1.93. The van der Waals surface area contributed by atoms with Crippen LogP contribution < -0.4 is 0 Å². The molecule has 1 aromatic carbocycles. The second-order valence-corrected chi connectivity index (χ2v) is 6.72. The van der Waals surface area contributed by atoms with Gasteiger partial charge in [0.25, 0.3) is 5.91 Å². The van der Waals surface area contributed by atoms with Crippen molar-refractivity contribution in [2.24, 2.45) is 5.92 Å². The first-order valence-corrected chi connectivity index (χ1v) is 8.66. The summed E-state index contributed by atoms with van der Waals surface area (Å²) in [5.74, 6) is -3.70. The number of amides is 2. The van der Waals surface area contributed by atoms with Gasteiger partial charge in [-0.1, -0.05) is 0 Å². The summed E-state index contributed by atoms with van der Waals surface area (Å²) < 4.78 is 26.8. The molecule has 2 heterocycles. The Labute approximate surface area is 149 Å². The Bertz CT molecular complexity index is 732. The van der Waals surface area contributed by atoms with Gasteiger partial charge in [-0.3, -0.25) is 9.59 Å². The van der Waals surface area contributed by atoms with E-state index in [2.05, 4.69) is 0 Å². The molecule has 0 saturated carbocycles. The molecule has 140 valence electrons. The number of nitrogens with zero attached hydrogens (tertiary/aromatic N) is 2. The quantitative estimate of drug-likeness (QED) is 0.886. The topological polar surface area (TPSA) is 77.9 Å². The highest BCUT2D eigenvalue weighted by molar-refractivity contribution is 5.94. The van der Waals surface area contributed by atoms with Crippen LogP contribution in [0.2, 0.25) is 0 Å². The van der Waals surface area contributed by atoms with E-state index in [1.54, 1.807) is 0 Å². The number of hydrogen-bond donors (Lipinski definition) is 1. The van der Waals surface area contributed by atoms with Gasteiger partial charge in [-0.15, -0.1) is 0 Å². The number of piperidine rings is 1. The lowest BCUT2D eigenvalue weighted by molar-refractivity contribution is -0.150. The van der Waals surface area contributed by atoms with Gasteiger partial charge in [0, 0.05) is 31.6 Å². The fourth-order valence-corrected chi connectivity index (χ4v) is 3.68. The number of halogens is 2. The number of benzene rings is 1. The Morgan fingerprint density at radius 3 is 2.35 bits per heavy atom. The van der Waals surface area contributed by atoms with E-state index in [1.165, 1.54) is 9.80 Å². The van der Waals surface area contributed by atoms with E-state index in [0.717, 1.165) is 12.1 Å². The van der Waals surface area contributed by atoms with E-state index in [4.69, 9.17) is 0 Å². The maximum absolute atomic E-state index is 13.8. The molecule has 0 aliphatic carbocycles. The highest BCUT2D eigenvalue weighted by Gasteiger charge is 2.38. The van der Waals surface area contributed by atoms with Gasteiger partial charge in [-0.25, -0.2) is 13.6 Å². The van der Waals surface area contributed by atoms with Gasteiger partial charge >= 0.3 is 5.97 Å². The summed E-state index contributed by atoms with van der Waals surface area (Å²) in [6.45, 7) is 0.991.